The Labute approximate surface area is 168 Å². The lowest BCUT2D eigenvalue weighted by Crippen LogP contribution is -2.33. The van der Waals surface area contributed by atoms with Gasteiger partial charge in [-0.3, -0.25) is 9.48 Å². The standard InChI is InChI=1S/C16H17Br2N3O4S/c1-20(26(24,25)12-6-10(17)5-11(18)7-12)14-3-2-4-15-13(14)8-19-21(15)9-16(22)23/h5-8,14H,2-4,9H2,1H3,(H,22,23)/t14-/m1/s1. The highest BCUT2D eigenvalue weighted by atomic mass is 79.9. The van der Waals surface area contributed by atoms with Crippen LogP contribution in [0.1, 0.15) is 30.1 Å². The molecule has 7 nitrogen and oxygen atoms in total. The van der Waals surface area contributed by atoms with Crippen LogP contribution in [0, 0.1) is 0 Å². The van der Waals surface area contributed by atoms with Gasteiger partial charge in [-0.2, -0.15) is 9.40 Å². The second-order valence-electron chi connectivity index (χ2n) is 6.13. The van der Waals surface area contributed by atoms with Gasteiger partial charge in [0.05, 0.1) is 17.1 Å². The number of sulfonamides is 1. The van der Waals surface area contributed by atoms with E-state index in [0.29, 0.717) is 21.8 Å². The van der Waals surface area contributed by atoms with Crippen LogP contribution in [0.2, 0.25) is 0 Å². The van der Waals surface area contributed by atoms with Crippen LogP contribution in [0.3, 0.4) is 0 Å². The molecule has 1 aliphatic carbocycles. The Balaban J connectivity index is 1.97. The molecule has 3 rings (SSSR count). The topological polar surface area (TPSA) is 92.5 Å². The van der Waals surface area contributed by atoms with E-state index in [1.807, 2.05) is 0 Å². The molecule has 1 aromatic carbocycles. The minimum atomic E-state index is -3.72. The van der Waals surface area contributed by atoms with Gasteiger partial charge in [0, 0.05) is 27.3 Å². The highest BCUT2D eigenvalue weighted by Gasteiger charge is 2.34. The van der Waals surface area contributed by atoms with E-state index in [-0.39, 0.29) is 17.5 Å². The van der Waals surface area contributed by atoms with Gasteiger partial charge in [0.2, 0.25) is 10.0 Å². The smallest absolute Gasteiger partial charge is 0.325 e. The summed E-state index contributed by atoms with van der Waals surface area (Å²) in [6, 6.07) is 4.53. The van der Waals surface area contributed by atoms with E-state index in [2.05, 4.69) is 37.0 Å². The van der Waals surface area contributed by atoms with Crippen molar-refractivity contribution in [3.63, 3.8) is 0 Å². The van der Waals surface area contributed by atoms with Crippen molar-refractivity contribution in [3.05, 3.63) is 44.6 Å². The lowest BCUT2D eigenvalue weighted by Gasteiger charge is -2.31. The van der Waals surface area contributed by atoms with E-state index in [0.717, 1.165) is 17.7 Å². The van der Waals surface area contributed by atoms with Crippen molar-refractivity contribution in [1.82, 2.24) is 14.1 Å². The highest BCUT2D eigenvalue weighted by Crippen LogP contribution is 2.37. The lowest BCUT2D eigenvalue weighted by atomic mass is 9.93. The van der Waals surface area contributed by atoms with Crippen molar-refractivity contribution in [1.29, 1.82) is 0 Å². The minimum absolute atomic E-state index is 0.186. The van der Waals surface area contributed by atoms with Crippen LogP contribution in [-0.2, 0) is 27.8 Å². The number of carboxylic acid groups (broad SMARTS) is 1. The summed E-state index contributed by atoms with van der Waals surface area (Å²) < 4.78 is 30.3. The molecule has 0 radical (unpaired) electrons. The number of aromatic nitrogens is 2. The maximum atomic E-state index is 13.1. The van der Waals surface area contributed by atoms with Crippen LogP contribution in [-0.4, -0.2) is 40.6 Å². The Morgan fingerprint density at radius 3 is 2.62 bits per heavy atom. The summed E-state index contributed by atoms with van der Waals surface area (Å²) in [4.78, 5) is 11.2. The Kier molecular flexibility index (Phi) is 5.57. The summed E-state index contributed by atoms with van der Waals surface area (Å²) in [6.45, 7) is -0.225. The zero-order valence-electron chi connectivity index (χ0n) is 13.9. The van der Waals surface area contributed by atoms with Gasteiger partial charge in [-0.15, -0.1) is 0 Å². The monoisotopic (exact) mass is 505 g/mol. The fourth-order valence-corrected chi connectivity index (χ4v) is 6.28. The van der Waals surface area contributed by atoms with E-state index in [1.165, 1.54) is 8.99 Å². The molecule has 10 heteroatoms. The second kappa shape index (κ2) is 7.41. The largest absolute Gasteiger partial charge is 0.480 e. The van der Waals surface area contributed by atoms with Gasteiger partial charge in [-0.05, 0) is 37.5 Å². The minimum Gasteiger partial charge on any atom is -0.480 e. The van der Waals surface area contributed by atoms with E-state index in [4.69, 9.17) is 5.11 Å². The van der Waals surface area contributed by atoms with Gasteiger partial charge in [-0.1, -0.05) is 31.9 Å². The third kappa shape index (κ3) is 3.73. The number of hydrogen-bond donors (Lipinski definition) is 1. The molecule has 26 heavy (non-hydrogen) atoms. The molecule has 0 amide bonds. The zero-order valence-corrected chi connectivity index (χ0v) is 17.9. The predicted octanol–water partition coefficient (Wildman–Crippen LogP) is 3.19. The van der Waals surface area contributed by atoms with Gasteiger partial charge in [-0.25, -0.2) is 8.42 Å². The number of rotatable bonds is 5. The number of halogens is 2. The maximum absolute atomic E-state index is 13.1. The predicted molar refractivity (Wildman–Crippen MR) is 102 cm³/mol. The molecule has 1 heterocycles. The molecular formula is C16H17Br2N3O4S. The summed E-state index contributed by atoms with van der Waals surface area (Å²) in [5, 5.41) is 13.2. The maximum Gasteiger partial charge on any atom is 0.325 e. The summed E-state index contributed by atoms with van der Waals surface area (Å²) in [7, 11) is -2.17. The molecule has 0 saturated carbocycles. The molecule has 0 spiro atoms. The van der Waals surface area contributed by atoms with Gasteiger partial charge in [0.1, 0.15) is 6.54 Å². The highest BCUT2D eigenvalue weighted by molar-refractivity contribution is 9.11. The molecule has 0 saturated heterocycles. The zero-order chi connectivity index (χ0) is 19.1. The Morgan fingerprint density at radius 1 is 1.35 bits per heavy atom. The number of benzene rings is 1. The molecule has 0 unspecified atom stereocenters. The normalized spacial score (nSPS) is 17.3. The molecular weight excluding hydrogens is 490 g/mol. The van der Waals surface area contributed by atoms with Crippen LogP contribution in [0.25, 0.3) is 0 Å². The molecule has 1 aromatic heterocycles. The van der Waals surface area contributed by atoms with Crippen molar-refractivity contribution in [2.45, 2.75) is 36.7 Å². The molecule has 0 bridgehead atoms. The summed E-state index contributed by atoms with van der Waals surface area (Å²) in [6.07, 6.45) is 3.71. The van der Waals surface area contributed by atoms with Gasteiger partial charge in [0.25, 0.3) is 0 Å². The molecule has 1 N–H and O–H groups in total. The van der Waals surface area contributed by atoms with Crippen LogP contribution in [0.4, 0.5) is 0 Å². The third-order valence-corrected chi connectivity index (χ3v) is 7.23. The lowest BCUT2D eigenvalue weighted by molar-refractivity contribution is -0.137. The van der Waals surface area contributed by atoms with Crippen LogP contribution in [0.5, 0.6) is 0 Å². The van der Waals surface area contributed by atoms with Crippen LogP contribution in [0.15, 0.2) is 38.2 Å². The average Bonchev–Trinajstić information content (AvgIpc) is 2.95. The van der Waals surface area contributed by atoms with Gasteiger partial charge < -0.3 is 5.11 Å². The first-order valence-corrected chi connectivity index (χ1v) is 10.9. The van der Waals surface area contributed by atoms with Crippen molar-refractivity contribution >= 4 is 47.9 Å². The third-order valence-electron chi connectivity index (χ3n) is 4.47. The molecule has 1 atom stereocenters. The number of aliphatic carboxylic acids is 1. The molecule has 0 aliphatic heterocycles. The first-order chi connectivity index (χ1) is 12.2. The summed E-state index contributed by atoms with van der Waals surface area (Å²) >= 11 is 6.64. The Bertz CT molecular complexity index is 938. The first-order valence-electron chi connectivity index (χ1n) is 7.90. The molecule has 0 fully saturated rings. The summed E-state index contributed by atoms with van der Waals surface area (Å²) in [5.41, 5.74) is 1.57. The molecule has 2 aromatic rings. The summed E-state index contributed by atoms with van der Waals surface area (Å²) in [5.74, 6) is -0.974. The number of carbonyl (C=O) groups is 1. The van der Waals surface area contributed by atoms with Crippen molar-refractivity contribution < 1.29 is 18.3 Å². The number of fused-ring (bicyclic) bond motifs is 1. The number of hydrogen-bond acceptors (Lipinski definition) is 4. The SMILES string of the molecule is CN([C@@H]1CCCc2c1cnn2CC(=O)O)S(=O)(=O)c1cc(Br)cc(Br)c1. The van der Waals surface area contributed by atoms with E-state index in [1.54, 1.807) is 31.4 Å². The van der Waals surface area contributed by atoms with Crippen LogP contribution >= 0.6 is 31.9 Å². The fourth-order valence-electron chi connectivity index (χ4n) is 3.25. The average molecular weight is 507 g/mol. The van der Waals surface area contributed by atoms with Gasteiger partial charge >= 0.3 is 5.97 Å². The van der Waals surface area contributed by atoms with Crippen molar-refractivity contribution in [3.8, 4) is 0 Å². The van der Waals surface area contributed by atoms with E-state index < -0.39 is 16.0 Å². The van der Waals surface area contributed by atoms with Gasteiger partial charge in [0.15, 0.2) is 0 Å². The number of nitrogens with zero attached hydrogens (tertiary/aromatic N) is 3. The quantitative estimate of drug-likeness (QED) is 0.672. The Morgan fingerprint density at radius 2 is 2.00 bits per heavy atom. The molecule has 1 aliphatic rings. The fraction of sp³-hybridized carbons (Fsp3) is 0.375. The number of carboxylic acids is 1. The second-order valence-corrected chi connectivity index (χ2v) is 9.96. The van der Waals surface area contributed by atoms with Crippen molar-refractivity contribution in [2.75, 3.05) is 7.05 Å². The van der Waals surface area contributed by atoms with E-state index >= 15 is 0 Å². The van der Waals surface area contributed by atoms with Crippen molar-refractivity contribution in [2.24, 2.45) is 0 Å². The molecule has 140 valence electrons. The Hall–Kier alpha value is -1.23. The first kappa shape index (κ1) is 19.5. The van der Waals surface area contributed by atoms with Crippen LogP contribution < -0.4 is 0 Å². The van der Waals surface area contributed by atoms with E-state index in [9.17, 15) is 13.2 Å².